The summed E-state index contributed by atoms with van der Waals surface area (Å²) in [5, 5.41) is 2.68. The second kappa shape index (κ2) is 5.78. The van der Waals surface area contributed by atoms with E-state index >= 15 is 0 Å². The Morgan fingerprint density at radius 1 is 0.852 bits per heavy atom. The van der Waals surface area contributed by atoms with Crippen molar-refractivity contribution < 1.29 is 14.4 Å². The van der Waals surface area contributed by atoms with Gasteiger partial charge in [0.2, 0.25) is 17.7 Å². The Morgan fingerprint density at radius 2 is 1.26 bits per heavy atom. The Morgan fingerprint density at radius 3 is 1.63 bits per heavy atom. The fourth-order valence-corrected chi connectivity index (χ4v) is 5.30. The Balaban J connectivity index is 1.60. The van der Waals surface area contributed by atoms with E-state index < -0.39 is 0 Å². The highest BCUT2D eigenvalue weighted by molar-refractivity contribution is 6.07. The van der Waals surface area contributed by atoms with Crippen molar-refractivity contribution in [2.75, 3.05) is 13.1 Å². The van der Waals surface area contributed by atoms with Crippen LogP contribution in [-0.4, -0.2) is 35.7 Å². The minimum Gasteiger partial charge on any atom is -0.355 e. The fraction of sp³-hybridized carbons (Fsp3) is 0.318. The molecule has 2 aromatic rings. The van der Waals surface area contributed by atoms with Crippen molar-refractivity contribution in [2.24, 2.45) is 11.8 Å². The van der Waals surface area contributed by atoms with Crippen molar-refractivity contribution in [3.05, 3.63) is 70.8 Å². The van der Waals surface area contributed by atoms with Crippen molar-refractivity contribution in [1.29, 1.82) is 0 Å². The van der Waals surface area contributed by atoms with Gasteiger partial charge < -0.3 is 5.32 Å². The number of imide groups is 1. The third-order valence-corrected chi connectivity index (χ3v) is 6.25. The predicted octanol–water partition coefficient (Wildman–Crippen LogP) is 2.01. The molecule has 6 rings (SSSR count). The van der Waals surface area contributed by atoms with Gasteiger partial charge in [-0.15, -0.1) is 0 Å². The molecule has 1 aliphatic heterocycles. The Hall–Kier alpha value is -2.95. The average molecular weight is 360 g/mol. The average Bonchev–Trinajstić information content (AvgIpc) is 2.93. The van der Waals surface area contributed by atoms with Gasteiger partial charge >= 0.3 is 0 Å². The zero-order chi connectivity index (χ0) is 18.7. The molecule has 2 atom stereocenters. The van der Waals surface area contributed by atoms with Crippen molar-refractivity contribution in [3.63, 3.8) is 0 Å². The molecule has 5 heteroatoms. The maximum Gasteiger partial charge on any atom is 0.234 e. The van der Waals surface area contributed by atoms with E-state index in [9.17, 15) is 14.4 Å². The summed E-state index contributed by atoms with van der Waals surface area (Å²) in [7, 11) is 0. The first kappa shape index (κ1) is 16.2. The maximum absolute atomic E-state index is 13.2. The highest BCUT2D eigenvalue weighted by Gasteiger charge is 2.61. The van der Waals surface area contributed by atoms with E-state index in [0.29, 0.717) is 6.54 Å². The Kier molecular flexibility index (Phi) is 3.47. The number of nitrogens with one attached hydrogen (secondary N) is 1. The smallest absolute Gasteiger partial charge is 0.234 e. The molecule has 3 amide bonds. The third kappa shape index (κ3) is 2.14. The molecule has 0 radical (unpaired) electrons. The van der Waals surface area contributed by atoms with Crippen LogP contribution in [0, 0.1) is 11.8 Å². The minimum absolute atomic E-state index is 0.0744. The van der Waals surface area contributed by atoms with Crippen LogP contribution < -0.4 is 5.32 Å². The lowest BCUT2D eigenvalue weighted by Gasteiger charge is -2.45. The van der Waals surface area contributed by atoms with Crippen molar-refractivity contribution in [2.45, 2.75) is 18.8 Å². The normalized spacial score (nSPS) is 27.2. The highest BCUT2D eigenvalue weighted by Crippen LogP contribution is 2.60. The Bertz CT molecular complexity index is 868. The number of amides is 3. The van der Waals surface area contributed by atoms with Gasteiger partial charge in [0.25, 0.3) is 0 Å². The minimum atomic E-state index is -0.343. The van der Waals surface area contributed by atoms with E-state index in [4.69, 9.17) is 0 Å². The number of carbonyl (C=O) groups is 3. The molecular formula is C22H20N2O3. The van der Waals surface area contributed by atoms with E-state index in [1.54, 1.807) is 0 Å². The van der Waals surface area contributed by atoms with Gasteiger partial charge in [0.15, 0.2) is 0 Å². The fourth-order valence-electron chi connectivity index (χ4n) is 5.30. The van der Waals surface area contributed by atoms with Crippen LogP contribution in [-0.2, 0) is 14.4 Å². The molecular weight excluding hydrogens is 340 g/mol. The molecule has 1 saturated heterocycles. The molecule has 0 unspecified atom stereocenters. The van der Waals surface area contributed by atoms with Gasteiger partial charge in [-0.2, -0.15) is 0 Å². The summed E-state index contributed by atoms with van der Waals surface area (Å²) in [6.07, 6.45) is 0. The van der Waals surface area contributed by atoms with Crippen LogP contribution in [0.15, 0.2) is 48.5 Å². The SMILES string of the molecule is CC(=O)NCCN1C(=O)[C@@H]2C3c4ccccc4C(c4ccccc43)[C@@H]2C1=O. The Labute approximate surface area is 157 Å². The standard InChI is InChI=1S/C22H20N2O3/c1-12(25)23-10-11-24-21(26)19-17-13-6-2-3-7-14(13)18(20(19)22(24)27)16-9-5-4-8-15(16)17/h2-9,17-20H,10-11H2,1H3,(H,23,25)/t17?,18?,19-,20+. The summed E-state index contributed by atoms with van der Waals surface area (Å²) < 4.78 is 0. The summed E-state index contributed by atoms with van der Waals surface area (Å²) in [4.78, 5) is 39.0. The van der Waals surface area contributed by atoms with E-state index in [1.807, 2.05) is 24.3 Å². The number of carbonyl (C=O) groups excluding carboxylic acids is 3. The van der Waals surface area contributed by atoms with Crippen molar-refractivity contribution in [3.8, 4) is 0 Å². The number of hydrogen-bond donors (Lipinski definition) is 1. The van der Waals surface area contributed by atoms with Crippen LogP contribution in [0.25, 0.3) is 0 Å². The van der Waals surface area contributed by atoms with Crippen LogP contribution in [0.4, 0.5) is 0 Å². The van der Waals surface area contributed by atoms with Gasteiger partial charge in [-0.3, -0.25) is 19.3 Å². The van der Waals surface area contributed by atoms with E-state index in [2.05, 4.69) is 29.6 Å². The van der Waals surface area contributed by atoms with Gasteiger partial charge in [-0.25, -0.2) is 0 Å². The molecule has 2 bridgehead atoms. The number of hydrogen-bond acceptors (Lipinski definition) is 3. The molecule has 4 aliphatic rings. The molecule has 136 valence electrons. The van der Waals surface area contributed by atoms with E-state index in [0.717, 1.165) is 0 Å². The molecule has 3 aliphatic carbocycles. The summed E-state index contributed by atoms with van der Waals surface area (Å²) in [6.45, 7) is 1.96. The lowest BCUT2D eigenvalue weighted by atomic mass is 9.55. The van der Waals surface area contributed by atoms with Crippen molar-refractivity contribution in [1.82, 2.24) is 10.2 Å². The van der Waals surface area contributed by atoms with Gasteiger partial charge in [-0.05, 0) is 22.3 Å². The van der Waals surface area contributed by atoms with Crippen LogP contribution >= 0.6 is 0 Å². The monoisotopic (exact) mass is 360 g/mol. The lowest BCUT2D eigenvalue weighted by Crippen LogP contribution is -2.41. The second-order valence-electron chi connectivity index (χ2n) is 7.58. The van der Waals surface area contributed by atoms with Crippen molar-refractivity contribution >= 4 is 17.7 Å². The van der Waals surface area contributed by atoms with Gasteiger partial charge in [0.05, 0.1) is 11.8 Å². The summed E-state index contributed by atoms with van der Waals surface area (Å²) >= 11 is 0. The van der Waals surface area contributed by atoms with Gasteiger partial charge in [-0.1, -0.05) is 48.5 Å². The zero-order valence-electron chi connectivity index (χ0n) is 15.0. The van der Waals surface area contributed by atoms with Gasteiger partial charge in [0.1, 0.15) is 0 Å². The molecule has 27 heavy (non-hydrogen) atoms. The molecule has 0 aromatic heterocycles. The lowest BCUT2D eigenvalue weighted by molar-refractivity contribution is -0.140. The first-order valence-electron chi connectivity index (χ1n) is 9.37. The van der Waals surface area contributed by atoms with Crippen LogP contribution in [0.2, 0.25) is 0 Å². The third-order valence-electron chi connectivity index (χ3n) is 6.25. The maximum atomic E-state index is 13.2. The molecule has 5 nitrogen and oxygen atoms in total. The first-order chi connectivity index (χ1) is 13.1. The summed E-state index contributed by atoms with van der Waals surface area (Å²) in [6, 6.07) is 16.4. The number of benzene rings is 2. The largest absolute Gasteiger partial charge is 0.355 e. The molecule has 1 heterocycles. The quantitative estimate of drug-likeness (QED) is 0.852. The topological polar surface area (TPSA) is 66.5 Å². The summed E-state index contributed by atoms with van der Waals surface area (Å²) in [5.74, 6) is -1.20. The van der Waals surface area contributed by atoms with Crippen LogP contribution in [0.3, 0.4) is 0 Å². The number of likely N-dealkylation sites (tertiary alicyclic amines) is 1. The second-order valence-corrected chi connectivity index (χ2v) is 7.58. The van der Waals surface area contributed by atoms with Crippen LogP contribution in [0.5, 0.6) is 0 Å². The van der Waals surface area contributed by atoms with Gasteiger partial charge in [0, 0.05) is 31.8 Å². The summed E-state index contributed by atoms with van der Waals surface area (Å²) in [5.41, 5.74) is 4.69. The molecule has 0 saturated carbocycles. The first-order valence-corrected chi connectivity index (χ1v) is 9.37. The number of nitrogens with zero attached hydrogens (tertiary/aromatic N) is 1. The predicted molar refractivity (Wildman–Crippen MR) is 99.0 cm³/mol. The highest BCUT2D eigenvalue weighted by atomic mass is 16.2. The van der Waals surface area contributed by atoms with E-state index in [1.165, 1.54) is 34.1 Å². The molecule has 1 N–H and O–H groups in total. The molecule has 1 fully saturated rings. The van der Waals surface area contributed by atoms with Crippen LogP contribution in [0.1, 0.15) is 41.0 Å². The molecule has 2 aromatic carbocycles. The van der Waals surface area contributed by atoms with E-state index in [-0.39, 0.29) is 47.9 Å². The number of rotatable bonds is 3. The molecule has 0 spiro atoms. The zero-order valence-corrected chi connectivity index (χ0v) is 15.0.